The molecule has 2 heterocycles. The SMILES string of the molecule is O=C(Nc1ccc(Nc2cc(-n3cccn3)ncn2)cc1)c1ccccc1. The summed E-state index contributed by atoms with van der Waals surface area (Å²) in [5.41, 5.74) is 2.18. The molecule has 7 heteroatoms. The van der Waals surface area contributed by atoms with Gasteiger partial charge in [-0.1, -0.05) is 18.2 Å². The van der Waals surface area contributed by atoms with Crippen LogP contribution >= 0.6 is 0 Å². The lowest BCUT2D eigenvalue weighted by atomic mass is 10.2. The zero-order valence-electron chi connectivity index (χ0n) is 14.3. The highest BCUT2D eigenvalue weighted by Gasteiger charge is 2.06. The molecule has 4 rings (SSSR count). The van der Waals surface area contributed by atoms with Crippen molar-refractivity contribution >= 4 is 23.1 Å². The van der Waals surface area contributed by atoms with Crippen molar-refractivity contribution in [3.8, 4) is 5.82 Å². The molecule has 132 valence electrons. The van der Waals surface area contributed by atoms with Crippen molar-refractivity contribution in [1.82, 2.24) is 19.7 Å². The van der Waals surface area contributed by atoms with Crippen LogP contribution in [0.4, 0.5) is 17.2 Å². The van der Waals surface area contributed by atoms with Crippen LogP contribution in [0.5, 0.6) is 0 Å². The molecule has 0 bridgehead atoms. The van der Waals surface area contributed by atoms with E-state index in [-0.39, 0.29) is 5.91 Å². The van der Waals surface area contributed by atoms with E-state index in [0.29, 0.717) is 22.9 Å². The number of amides is 1. The van der Waals surface area contributed by atoms with E-state index < -0.39 is 0 Å². The second-order valence-electron chi connectivity index (χ2n) is 5.73. The third kappa shape index (κ3) is 3.98. The van der Waals surface area contributed by atoms with Gasteiger partial charge in [-0.2, -0.15) is 5.10 Å². The van der Waals surface area contributed by atoms with Crippen LogP contribution in [0, 0.1) is 0 Å². The Labute approximate surface area is 155 Å². The largest absolute Gasteiger partial charge is 0.340 e. The van der Waals surface area contributed by atoms with Crippen molar-refractivity contribution in [2.24, 2.45) is 0 Å². The fraction of sp³-hybridized carbons (Fsp3) is 0. The number of benzene rings is 2. The van der Waals surface area contributed by atoms with Gasteiger partial charge in [-0.05, 0) is 42.5 Å². The molecular formula is C20H16N6O. The quantitative estimate of drug-likeness (QED) is 0.570. The first-order chi connectivity index (χ1) is 13.3. The van der Waals surface area contributed by atoms with Crippen molar-refractivity contribution < 1.29 is 4.79 Å². The van der Waals surface area contributed by atoms with E-state index in [4.69, 9.17) is 0 Å². The van der Waals surface area contributed by atoms with Gasteiger partial charge in [-0.3, -0.25) is 4.79 Å². The number of hydrogen-bond acceptors (Lipinski definition) is 5. The third-order valence-corrected chi connectivity index (χ3v) is 3.84. The van der Waals surface area contributed by atoms with Crippen LogP contribution < -0.4 is 10.6 Å². The van der Waals surface area contributed by atoms with Gasteiger partial charge in [0.2, 0.25) is 0 Å². The van der Waals surface area contributed by atoms with Gasteiger partial charge in [0.1, 0.15) is 12.1 Å². The summed E-state index contributed by atoms with van der Waals surface area (Å²) >= 11 is 0. The zero-order chi connectivity index (χ0) is 18.5. The normalized spacial score (nSPS) is 10.4. The number of rotatable bonds is 5. The Hall–Kier alpha value is -4.00. The van der Waals surface area contributed by atoms with Crippen LogP contribution in [0.25, 0.3) is 5.82 Å². The minimum Gasteiger partial charge on any atom is -0.340 e. The summed E-state index contributed by atoms with van der Waals surface area (Å²) < 4.78 is 1.66. The monoisotopic (exact) mass is 356 g/mol. The lowest BCUT2D eigenvalue weighted by molar-refractivity contribution is 0.102. The summed E-state index contributed by atoms with van der Waals surface area (Å²) in [5.74, 6) is 1.18. The van der Waals surface area contributed by atoms with Gasteiger partial charge in [0.15, 0.2) is 5.82 Å². The first-order valence-electron chi connectivity index (χ1n) is 8.33. The average Bonchev–Trinajstić information content (AvgIpc) is 3.25. The maximum absolute atomic E-state index is 12.2. The predicted molar refractivity (Wildman–Crippen MR) is 103 cm³/mol. The van der Waals surface area contributed by atoms with E-state index in [0.717, 1.165) is 5.69 Å². The van der Waals surface area contributed by atoms with Gasteiger partial charge < -0.3 is 10.6 Å². The van der Waals surface area contributed by atoms with Crippen molar-refractivity contribution in [3.05, 3.63) is 91.0 Å². The number of hydrogen-bond donors (Lipinski definition) is 2. The topological polar surface area (TPSA) is 84.7 Å². The molecule has 7 nitrogen and oxygen atoms in total. The van der Waals surface area contributed by atoms with Gasteiger partial charge in [0.25, 0.3) is 5.91 Å². The third-order valence-electron chi connectivity index (χ3n) is 3.84. The highest BCUT2D eigenvalue weighted by Crippen LogP contribution is 2.19. The van der Waals surface area contributed by atoms with E-state index in [1.165, 1.54) is 6.33 Å². The molecule has 0 aliphatic carbocycles. The molecule has 4 aromatic rings. The van der Waals surface area contributed by atoms with Crippen molar-refractivity contribution in [2.45, 2.75) is 0 Å². The van der Waals surface area contributed by atoms with E-state index in [1.807, 2.05) is 54.7 Å². The lowest BCUT2D eigenvalue weighted by Crippen LogP contribution is -2.11. The van der Waals surface area contributed by atoms with Crippen LogP contribution in [0.2, 0.25) is 0 Å². The average molecular weight is 356 g/mol. The number of nitrogens with one attached hydrogen (secondary N) is 2. The molecule has 27 heavy (non-hydrogen) atoms. The fourth-order valence-corrected chi connectivity index (χ4v) is 2.52. The molecule has 1 amide bonds. The lowest BCUT2D eigenvalue weighted by Gasteiger charge is -2.09. The molecular weight excluding hydrogens is 340 g/mol. The summed E-state index contributed by atoms with van der Waals surface area (Å²) in [5, 5.41) is 10.2. The Morgan fingerprint density at radius 2 is 1.67 bits per heavy atom. The summed E-state index contributed by atoms with van der Waals surface area (Å²) in [6, 6.07) is 20.1. The molecule has 0 aliphatic heterocycles. The van der Waals surface area contributed by atoms with E-state index in [2.05, 4.69) is 25.7 Å². The van der Waals surface area contributed by atoms with Gasteiger partial charge in [0, 0.05) is 35.4 Å². The molecule has 2 N–H and O–H groups in total. The van der Waals surface area contributed by atoms with E-state index in [1.54, 1.807) is 29.1 Å². The Bertz CT molecular complexity index is 1030. The number of aromatic nitrogens is 4. The van der Waals surface area contributed by atoms with E-state index in [9.17, 15) is 4.79 Å². The molecule has 0 aliphatic rings. The Morgan fingerprint density at radius 1 is 0.889 bits per heavy atom. The van der Waals surface area contributed by atoms with Gasteiger partial charge >= 0.3 is 0 Å². The molecule has 0 radical (unpaired) electrons. The summed E-state index contributed by atoms with van der Waals surface area (Å²) in [7, 11) is 0. The van der Waals surface area contributed by atoms with E-state index >= 15 is 0 Å². The van der Waals surface area contributed by atoms with Crippen LogP contribution in [-0.4, -0.2) is 25.7 Å². The van der Waals surface area contributed by atoms with Crippen LogP contribution in [-0.2, 0) is 0 Å². The first-order valence-corrected chi connectivity index (χ1v) is 8.33. The van der Waals surface area contributed by atoms with Gasteiger partial charge in [-0.25, -0.2) is 14.6 Å². The highest BCUT2D eigenvalue weighted by atomic mass is 16.1. The Morgan fingerprint density at radius 3 is 2.41 bits per heavy atom. The van der Waals surface area contributed by atoms with Crippen LogP contribution in [0.3, 0.4) is 0 Å². The smallest absolute Gasteiger partial charge is 0.255 e. The van der Waals surface area contributed by atoms with Crippen molar-refractivity contribution in [2.75, 3.05) is 10.6 Å². The maximum Gasteiger partial charge on any atom is 0.255 e. The predicted octanol–water partition coefficient (Wildman–Crippen LogP) is 3.66. The molecule has 0 saturated carbocycles. The summed E-state index contributed by atoms with van der Waals surface area (Å²) in [6.07, 6.45) is 4.99. The number of carbonyl (C=O) groups excluding carboxylic acids is 1. The molecule has 2 aromatic carbocycles. The second-order valence-corrected chi connectivity index (χ2v) is 5.73. The first kappa shape index (κ1) is 16.5. The zero-order valence-corrected chi connectivity index (χ0v) is 14.3. The minimum atomic E-state index is -0.143. The van der Waals surface area contributed by atoms with Crippen LogP contribution in [0.15, 0.2) is 85.5 Å². The molecule has 0 saturated heterocycles. The standard InChI is InChI=1S/C20H16N6O/c27-20(15-5-2-1-3-6-15)25-17-9-7-16(8-10-17)24-18-13-19(22-14-21-18)26-12-4-11-23-26/h1-14H,(H,25,27)(H,21,22,24). The fourth-order valence-electron chi connectivity index (χ4n) is 2.52. The van der Waals surface area contributed by atoms with Gasteiger partial charge in [0.05, 0.1) is 0 Å². The highest BCUT2D eigenvalue weighted by molar-refractivity contribution is 6.04. The Kier molecular flexibility index (Phi) is 4.57. The second kappa shape index (κ2) is 7.49. The minimum absolute atomic E-state index is 0.143. The van der Waals surface area contributed by atoms with Gasteiger partial charge in [-0.15, -0.1) is 0 Å². The molecule has 0 atom stereocenters. The summed E-state index contributed by atoms with van der Waals surface area (Å²) in [6.45, 7) is 0. The molecule has 0 unspecified atom stereocenters. The number of carbonyl (C=O) groups is 1. The maximum atomic E-state index is 12.2. The molecule has 0 spiro atoms. The number of nitrogens with zero attached hydrogens (tertiary/aromatic N) is 4. The molecule has 0 fully saturated rings. The van der Waals surface area contributed by atoms with Crippen molar-refractivity contribution in [3.63, 3.8) is 0 Å². The summed E-state index contributed by atoms with van der Waals surface area (Å²) in [4.78, 5) is 20.6. The van der Waals surface area contributed by atoms with Crippen molar-refractivity contribution in [1.29, 1.82) is 0 Å². The number of anilines is 3. The van der Waals surface area contributed by atoms with Crippen LogP contribution in [0.1, 0.15) is 10.4 Å². The molecule has 2 aromatic heterocycles. The Balaban J connectivity index is 1.44.